The Labute approximate surface area is 144 Å². The number of hydrogen-bond donors (Lipinski definition) is 1. The highest BCUT2D eigenvalue weighted by Gasteiger charge is 2.32. The van der Waals surface area contributed by atoms with Crippen LogP contribution in [0.15, 0.2) is 11.6 Å². The van der Waals surface area contributed by atoms with Crippen molar-refractivity contribution in [2.24, 2.45) is 0 Å². The average Bonchev–Trinajstić information content (AvgIpc) is 3.20. The van der Waals surface area contributed by atoms with Gasteiger partial charge in [0, 0.05) is 23.9 Å². The Bertz CT molecular complexity index is 970. The summed E-state index contributed by atoms with van der Waals surface area (Å²) in [6.07, 6.45) is 0.652. The summed E-state index contributed by atoms with van der Waals surface area (Å²) in [5.74, 6) is -2.20. The first-order chi connectivity index (χ1) is 11.5. The number of fused-ring (bicyclic) bond motifs is 2. The van der Waals surface area contributed by atoms with Gasteiger partial charge in [-0.15, -0.1) is 11.3 Å². The van der Waals surface area contributed by atoms with Crippen LogP contribution in [0.2, 0.25) is 5.02 Å². The molecule has 9 heteroatoms. The first kappa shape index (κ1) is 15.5. The lowest BCUT2D eigenvalue weighted by atomic mass is 10.1. The molecular formula is C15H11ClF2N4OS. The number of aromatic amines is 1. The number of nitrogens with one attached hydrogen (secondary N) is 1. The van der Waals surface area contributed by atoms with Crippen molar-refractivity contribution >= 4 is 39.9 Å². The van der Waals surface area contributed by atoms with E-state index in [1.165, 1.54) is 11.3 Å². The highest BCUT2D eigenvalue weighted by molar-refractivity contribution is 7.09. The number of nitrogens with zero attached hydrogens (tertiary/aromatic N) is 3. The lowest BCUT2D eigenvalue weighted by Crippen LogP contribution is -2.38. The number of benzene rings is 1. The fourth-order valence-corrected chi connectivity index (χ4v) is 4.05. The summed E-state index contributed by atoms with van der Waals surface area (Å²) in [6.45, 7) is 2.39. The summed E-state index contributed by atoms with van der Waals surface area (Å²) in [5, 5.41) is -0.283. The predicted molar refractivity (Wildman–Crippen MR) is 86.3 cm³/mol. The van der Waals surface area contributed by atoms with Gasteiger partial charge in [-0.3, -0.25) is 4.79 Å². The second-order valence-electron chi connectivity index (χ2n) is 5.55. The van der Waals surface area contributed by atoms with Gasteiger partial charge >= 0.3 is 0 Å². The van der Waals surface area contributed by atoms with E-state index < -0.39 is 11.6 Å². The summed E-state index contributed by atoms with van der Waals surface area (Å²) < 4.78 is 27.4. The lowest BCUT2D eigenvalue weighted by Gasteiger charge is -2.32. The van der Waals surface area contributed by atoms with Crippen LogP contribution in [0.25, 0.3) is 11.0 Å². The minimum Gasteiger partial charge on any atom is -0.332 e. The Kier molecular flexibility index (Phi) is 3.54. The molecule has 24 heavy (non-hydrogen) atoms. The summed E-state index contributed by atoms with van der Waals surface area (Å²) in [7, 11) is 0. The molecule has 1 aromatic carbocycles. The SMILES string of the molecule is C[C@@H]1c2scnc2CCN1C(=O)c1nc2c(F)cc(F)c(Cl)c2[nH]1. The number of rotatable bonds is 1. The number of amides is 1. The Hall–Kier alpha value is -2.06. The topological polar surface area (TPSA) is 61.9 Å². The van der Waals surface area contributed by atoms with Crippen LogP contribution in [0.3, 0.4) is 0 Å². The minimum atomic E-state index is -0.898. The van der Waals surface area contributed by atoms with Gasteiger partial charge in [0.25, 0.3) is 5.91 Å². The van der Waals surface area contributed by atoms with Crippen LogP contribution >= 0.6 is 22.9 Å². The number of carbonyl (C=O) groups is 1. The Balaban J connectivity index is 1.74. The van der Waals surface area contributed by atoms with E-state index in [0.717, 1.165) is 10.6 Å². The maximum absolute atomic E-state index is 13.9. The minimum absolute atomic E-state index is 0.0133. The van der Waals surface area contributed by atoms with Crippen LogP contribution in [0.5, 0.6) is 0 Å². The van der Waals surface area contributed by atoms with Crippen LogP contribution in [0.1, 0.15) is 34.2 Å². The molecule has 0 fully saturated rings. The molecule has 1 N–H and O–H groups in total. The molecule has 0 bridgehead atoms. The smallest absolute Gasteiger partial charge is 0.290 e. The molecule has 1 atom stereocenters. The predicted octanol–water partition coefficient (Wildman–Crippen LogP) is 3.71. The Morgan fingerprint density at radius 1 is 1.46 bits per heavy atom. The van der Waals surface area contributed by atoms with Gasteiger partial charge in [0.1, 0.15) is 16.4 Å². The van der Waals surface area contributed by atoms with Crippen molar-refractivity contribution in [1.82, 2.24) is 19.9 Å². The van der Waals surface area contributed by atoms with Gasteiger partial charge in [-0.2, -0.15) is 0 Å². The molecule has 3 heterocycles. The molecule has 124 valence electrons. The summed E-state index contributed by atoms with van der Waals surface area (Å²) in [6, 6.07) is 0.506. The van der Waals surface area contributed by atoms with Gasteiger partial charge in [0.05, 0.1) is 22.8 Å². The van der Waals surface area contributed by atoms with Crippen LogP contribution in [0.4, 0.5) is 8.78 Å². The first-order valence-corrected chi connectivity index (χ1v) is 8.49. The third-order valence-electron chi connectivity index (χ3n) is 4.19. The molecule has 0 aliphatic carbocycles. The van der Waals surface area contributed by atoms with E-state index in [0.29, 0.717) is 19.0 Å². The lowest BCUT2D eigenvalue weighted by molar-refractivity contribution is 0.0669. The fraction of sp³-hybridized carbons (Fsp3) is 0.267. The highest BCUT2D eigenvalue weighted by atomic mass is 35.5. The third-order valence-corrected chi connectivity index (χ3v) is 5.60. The van der Waals surface area contributed by atoms with Gasteiger partial charge < -0.3 is 9.88 Å². The number of aromatic nitrogens is 3. The van der Waals surface area contributed by atoms with Crippen LogP contribution in [0, 0.1) is 11.6 Å². The normalized spacial score (nSPS) is 17.3. The third kappa shape index (κ3) is 2.21. The second-order valence-corrected chi connectivity index (χ2v) is 6.82. The molecule has 4 rings (SSSR count). The van der Waals surface area contributed by atoms with Gasteiger partial charge in [-0.05, 0) is 6.92 Å². The van der Waals surface area contributed by atoms with E-state index in [2.05, 4.69) is 15.0 Å². The van der Waals surface area contributed by atoms with Gasteiger partial charge in [0.2, 0.25) is 0 Å². The molecule has 0 saturated heterocycles. The van der Waals surface area contributed by atoms with Gasteiger partial charge in [0.15, 0.2) is 11.6 Å². The zero-order chi connectivity index (χ0) is 17.0. The first-order valence-electron chi connectivity index (χ1n) is 7.23. The Morgan fingerprint density at radius 2 is 2.25 bits per heavy atom. The molecule has 0 saturated carbocycles. The molecule has 0 radical (unpaired) electrons. The van der Waals surface area contributed by atoms with E-state index in [9.17, 15) is 13.6 Å². The molecular weight excluding hydrogens is 358 g/mol. The van der Waals surface area contributed by atoms with E-state index in [1.54, 1.807) is 10.4 Å². The number of hydrogen-bond acceptors (Lipinski definition) is 4. The summed E-state index contributed by atoms with van der Waals surface area (Å²) in [4.78, 5) is 26.4. The van der Waals surface area contributed by atoms with Crippen LogP contribution < -0.4 is 0 Å². The molecule has 0 unspecified atom stereocenters. The maximum atomic E-state index is 13.9. The Morgan fingerprint density at radius 3 is 3.04 bits per heavy atom. The fourth-order valence-electron chi connectivity index (χ4n) is 2.95. The second kappa shape index (κ2) is 5.49. The van der Waals surface area contributed by atoms with E-state index >= 15 is 0 Å². The zero-order valence-electron chi connectivity index (χ0n) is 12.4. The molecule has 1 aliphatic heterocycles. The molecule has 2 aromatic heterocycles. The van der Waals surface area contributed by atoms with Crippen LogP contribution in [-0.2, 0) is 6.42 Å². The largest absolute Gasteiger partial charge is 0.332 e. The zero-order valence-corrected chi connectivity index (χ0v) is 14.0. The summed E-state index contributed by atoms with van der Waals surface area (Å²) >= 11 is 7.33. The van der Waals surface area contributed by atoms with Crippen LogP contribution in [-0.4, -0.2) is 32.3 Å². The molecule has 0 spiro atoms. The molecule has 3 aromatic rings. The maximum Gasteiger partial charge on any atom is 0.290 e. The van der Waals surface area contributed by atoms with Gasteiger partial charge in [-0.25, -0.2) is 18.7 Å². The van der Waals surface area contributed by atoms with E-state index in [-0.39, 0.29) is 33.8 Å². The number of imidazole rings is 1. The van der Waals surface area contributed by atoms with Crippen molar-refractivity contribution in [3.8, 4) is 0 Å². The van der Waals surface area contributed by atoms with Crippen molar-refractivity contribution < 1.29 is 13.6 Å². The average molecular weight is 369 g/mol. The van der Waals surface area contributed by atoms with Crippen molar-refractivity contribution in [2.75, 3.05) is 6.54 Å². The van der Waals surface area contributed by atoms with Crippen molar-refractivity contribution in [2.45, 2.75) is 19.4 Å². The number of carbonyl (C=O) groups excluding carboxylic acids is 1. The molecule has 5 nitrogen and oxygen atoms in total. The van der Waals surface area contributed by atoms with E-state index in [1.807, 2.05) is 6.92 Å². The number of H-pyrrole nitrogens is 1. The van der Waals surface area contributed by atoms with E-state index in [4.69, 9.17) is 11.6 Å². The van der Waals surface area contributed by atoms with Gasteiger partial charge in [-0.1, -0.05) is 11.6 Å². The van der Waals surface area contributed by atoms with Crippen molar-refractivity contribution in [3.63, 3.8) is 0 Å². The standard InChI is InChI=1S/C15H11ClF2N4OS/c1-6-13-9(19-5-24-13)2-3-22(6)15(23)14-20-11-8(18)4-7(17)10(16)12(11)21-14/h4-6H,2-3H2,1H3,(H,20,21)/t6-/m1/s1. The quantitative estimate of drug-likeness (QED) is 0.666. The monoisotopic (exact) mass is 368 g/mol. The molecule has 1 amide bonds. The summed E-state index contributed by atoms with van der Waals surface area (Å²) in [5.41, 5.74) is 2.60. The number of halogens is 3. The van der Waals surface area contributed by atoms with Crippen molar-refractivity contribution in [1.29, 1.82) is 0 Å². The van der Waals surface area contributed by atoms with Crippen molar-refractivity contribution in [3.05, 3.63) is 44.6 Å². The highest BCUT2D eigenvalue weighted by Crippen LogP contribution is 2.33. The number of thiazole rings is 1. The molecule has 1 aliphatic rings.